The molecule has 0 bridgehead atoms. The molecule has 4 heteroatoms. The van der Waals surface area contributed by atoms with Crippen LogP contribution >= 0.6 is 0 Å². The lowest BCUT2D eigenvalue weighted by Crippen LogP contribution is -2.39. The van der Waals surface area contributed by atoms with E-state index >= 15 is 0 Å². The van der Waals surface area contributed by atoms with Crippen molar-refractivity contribution in [2.45, 2.75) is 92.5 Å². The molecule has 1 saturated carbocycles. The molecule has 0 aromatic heterocycles. The van der Waals surface area contributed by atoms with Gasteiger partial charge in [-0.3, -0.25) is 9.59 Å². The van der Waals surface area contributed by atoms with Gasteiger partial charge in [0.25, 0.3) is 0 Å². The van der Waals surface area contributed by atoms with Gasteiger partial charge in [-0.15, -0.1) is 0 Å². The molecule has 28 heavy (non-hydrogen) atoms. The topological polar surface area (TPSA) is 58.2 Å². The molecule has 0 saturated heterocycles. The summed E-state index contributed by atoms with van der Waals surface area (Å²) in [5.74, 6) is 2.08. The molecule has 0 aromatic carbocycles. The van der Waals surface area contributed by atoms with Crippen molar-refractivity contribution in [3.63, 3.8) is 0 Å². The Kier molecular flexibility index (Phi) is 8.15. The van der Waals surface area contributed by atoms with Gasteiger partial charge in [-0.1, -0.05) is 59.1 Å². The van der Waals surface area contributed by atoms with E-state index in [-0.39, 0.29) is 17.2 Å². The van der Waals surface area contributed by atoms with E-state index in [1.807, 2.05) is 0 Å². The van der Waals surface area contributed by atoms with Gasteiger partial charge < -0.3 is 10.6 Å². The number of nitrogens with one attached hydrogen (secondary N) is 2. The zero-order chi connectivity index (χ0) is 20.9. The summed E-state index contributed by atoms with van der Waals surface area (Å²) in [4.78, 5) is 24.8. The van der Waals surface area contributed by atoms with Gasteiger partial charge in [0.15, 0.2) is 0 Å². The fourth-order valence-electron chi connectivity index (χ4n) is 4.86. The Morgan fingerprint density at radius 1 is 1.14 bits per heavy atom. The highest BCUT2D eigenvalue weighted by Crippen LogP contribution is 2.38. The molecule has 2 amide bonds. The van der Waals surface area contributed by atoms with Crippen molar-refractivity contribution in [2.24, 2.45) is 29.1 Å². The molecule has 3 atom stereocenters. The summed E-state index contributed by atoms with van der Waals surface area (Å²) in [5, 5.41) is 6.40. The molecular formula is C24H42N2O2. The van der Waals surface area contributed by atoms with Gasteiger partial charge >= 0.3 is 0 Å². The van der Waals surface area contributed by atoms with E-state index in [1.165, 1.54) is 18.4 Å². The van der Waals surface area contributed by atoms with Crippen LogP contribution in [0.15, 0.2) is 11.6 Å². The minimum atomic E-state index is 0.0115. The van der Waals surface area contributed by atoms with Gasteiger partial charge in [0.2, 0.25) is 11.8 Å². The molecule has 2 aliphatic carbocycles. The van der Waals surface area contributed by atoms with E-state index < -0.39 is 0 Å². The first-order valence-corrected chi connectivity index (χ1v) is 11.3. The summed E-state index contributed by atoms with van der Waals surface area (Å²) in [7, 11) is 0. The molecule has 1 fully saturated rings. The minimum absolute atomic E-state index is 0.0115. The molecular weight excluding hydrogens is 348 g/mol. The summed E-state index contributed by atoms with van der Waals surface area (Å²) < 4.78 is 0. The summed E-state index contributed by atoms with van der Waals surface area (Å²) in [6.07, 6.45) is 9.28. The van der Waals surface area contributed by atoms with E-state index in [2.05, 4.69) is 58.3 Å². The Balaban J connectivity index is 1.94. The quantitative estimate of drug-likeness (QED) is 0.611. The van der Waals surface area contributed by atoms with Gasteiger partial charge in [-0.25, -0.2) is 0 Å². The molecule has 0 aromatic rings. The van der Waals surface area contributed by atoms with Crippen molar-refractivity contribution in [1.29, 1.82) is 0 Å². The number of rotatable bonds is 7. The van der Waals surface area contributed by atoms with E-state index in [4.69, 9.17) is 0 Å². The number of amides is 2. The highest BCUT2D eigenvalue weighted by Gasteiger charge is 2.33. The van der Waals surface area contributed by atoms with Crippen molar-refractivity contribution in [1.82, 2.24) is 10.6 Å². The van der Waals surface area contributed by atoms with E-state index in [9.17, 15) is 9.59 Å². The van der Waals surface area contributed by atoms with Crippen molar-refractivity contribution < 1.29 is 9.59 Å². The summed E-state index contributed by atoms with van der Waals surface area (Å²) in [5.41, 5.74) is 1.33. The second kappa shape index (κ2) is 9.93. The molecule has 4 nitrogen and oxygen atoms in total. The first-order valence-electron chi connectivity index (χ1n) is 11.3. The predicted octanol–water partition coefficient (Wildman–Crippen LogP) is 4.84. The maximum atomic E-state index is 12.5. The van der Waals surface area contributed by atoms with Crippen molar-refractivity contribution in [2.75, 3.05) is 6.54 Å². The van der Waals surface area contributed by atoms with E-state index in [0.29, 0.717) is 49.1 Å². The van der Waals surface area contributed by atoms with Crippen LogP contribution in [0.2, 0.25) is 0 Å². The number of carbonyl (C=O) groups is 2. The minimum Gasteiger partial charge on any atom is -0.355 e. The second-order valence-corrected chi connectivity index (χ2v) is 10.7. The third-order valence-electron chi connectivity index (χ3n) is 6.46. The van der Waals surface area contributed by atoms with Gasteiger partial charge in [-0.05, 0) is 55.3 Å². The summed E-state index contributed by atoms with van der Waals surface area (Å²) >= 11 is 0. The van der Waals surface area contributed by atoms with E-state index in [0.717, 1.165) is 19.3 Å². The van der Waals surface area contributed by atoms with Crippen LogP contribution in [0.1, 0.15) is 86.5 Å². The molecule has 0 aliphatic heterocycles. The van der Waals surface area contributed by atoms with Gasteiger partial charge in [0.05, 0.1) is 0 Å². The SMILES string of the molecule is CC1=CC(CNC(=O)CC(C)(C)C)C(C(C)C)CC1CC(=O)NC1CCCC1. The van der Waals surface area contributed by atoms with Crippen LogP contribution in [-0.2, 0) is 9.59 Å². The predicted molar refractivity (Wildman–Crippen MR) is 116 cm³/mol. The normalized spacial score (nSPS) is 26.2. The zero-order valence-corrected chi connectivity index (χ0v) is 18.9. The van der Waals surface area contributed by atoms with Crippen molar-refractivity contribution >= 4 is 11.8 Å². The van der Waals surface area contributed by atoms with E-state index in [1.54, 1.807) is 0 Å². The standard InChI is InChI=1S/C24H42N2O2/c1-16(2)21-12-18(13-22(27)26-20-9-7-8-10-20)17(3)11-19(21)15-25-23(28)14-24(4,5)6/h11,16,18-21H,7-10,12-15H2,1-6H3,(H,25,28)(H,26,27). The zero-order valence-electron chi connectivity index (χ0n) is 18.9. The van der Waals surface area contributed by atoms with Crippen LogP contribution in [0, 0.1) is 29.1 Å². The summed E-state index contributed by atoms with van der Waals surface area (Å²) in [6, 6.07) is 0.395. The average Bonchev–Trinajstić information content (AvgIpc) is 3.05. The smallest absolute Gasteiger partial charge is 0.220 e. The van der Waals surface area contributed by atoms with Crippen molar-refractivity contribution in [3.05, 3.63) is 11.6 Å². The lowest BCUT2D eigenvalue weighted by atomic mass is 9.69. The molecule has 2 rings (SSSR count). The number of hydrogen-bond donors (Lipinski definition) is 2. The van der Waals surface area contributed by atoms with Crippen LogP contribution in [0.3, 0.4) is 0 Å². The number of allylic oxidation sites excluding steroid dienone is 1. The third kappa shape index (κ3) is 7.25. The Hall–Kier alpha value is -1.32. The molecule has 3 unspecified atom stereocenters. The van der Waals surface area contributed by atoms with Gasteiger partial charge in [0.1, 0.15) is 0 Å². The van der Waals surface area contributed by atoms with Crippen molar-refractivity contribution in [3.8, 4) is 0 Å². The highest BCUT2D eigenvalue weighted by molar-refractivity contribution is 5.77. The lowest BCUT2D eigenvalue weighted by molar-refractivity contribution is -0.123. The largest absolute Gasteiger partial charge is 0.355 e. The Morgan fingerprint density at radius 3 is 2.36 bits per heavy atom. The molecule has 0 spiro atoms. The molecule has 2 N–H and O–H groups in total. The fourth-order valence-corrected chi connectivity index (χ4v) is 4.86. The Morgan fingerprint density at radius 2 is 1.79 bits per heavy atom. The number of hydrogen-bond acceptors (Lipinski definition) is 2. The van der Waals surface area contributed by atoms with Crippen LogP contribution < -0.4 is 10.6 Å². The fraction of sp³-hybridized carbons (Fsp3) is 0.833. The first kappa shape index (κ1) is 23.0. The van der Waals surface area contributed by atoms with Crippen LogP contribution in [0.4, 0.5) is 0 Å². The average molecular weight is 391 g/mol. The van der Waals surface area contributed by atoms with Gasteiger partial charge in [-0.2, -0.15) is 0 Å². The first-order chi connectivity index (χ1) is 13.0. The third-order valence-corrected chi connectivity index (χ3v) is 6.46. The van der Waals surface area contributed by atoms with Gasteiger partial charge in [0, 0.05) is 25.4 Å². The second-order valence-electron chi connectivity index (χ2n) is 10.7. The van der Waals surface area contributed by atoms with Crippen LogP contribution in [0.5, 0.6) is 0 Å². The highest BCUT2D eigenvalue weighted by atomic mass is 16.2. The molecule has 0 heterocycles. The summed E-state index contributed by atoms with van der Waals surface area (Å²) in [6.45, 7) is 13.7. The van der Waals surface area contributed by atoms with Crippen LogP contribution in [-0.4, -0.2) is 24.4 Å². The van der Waals surface area contributed by atoms with Crippen LogP contribution in [0.25, 0.3) is 0 Å². The molecule has 0 radical (unpaired) electrons. The lowest BCUT2D eigenvalue weighted by Gasteiger charge is -2.37. The monoisotopic (exact) mass is 390 g/mol. The number of carbonyl (C=O) groups excluding carboxylic acids is 2. The molecule has 160 valence electrons. The maximum Gasteiger partial charge on any atom is 0.220 e. The maximum absolute atomic E-state index is 12.5. The Labute approximate surface area is 172 Å². The molecule has 2 aliphatic rings. The Bertz CT molecular complexity index is 568.